The van der Waals surface area contributed by atoms with E-state index in [0.717, 1.165) is 61.3 Å². The molecule has 3 heterocycles. The molecule has 12 aromatic rings. The molecule has 0 bridgehead atoms. The number of rotatable bonds is 5. The Balaban J connectivity index is 1.20. The number of benzene rings is 9. The van der Waals surface area contributed by atoms with Gasteiger partial charge in [0, 0.05) is 70.2 Å². The number of furan rings is 1. The number of hydrogen-bond acceptors (Lipinski definition) is 3. The van der Waals surface area contributed by atoms with E-state index in [0.29, 0.717) is 0 Å². The lowest BCUT2D eigenvalue weighted by atomic mass is 10.00. The van der Waals surface area contributed by atoms with Crippen LogP contribution in [0.5, 0.6) is 0 Å². The normalized spacial score (nSPS) is 11.9. The van der Waals surface area contributed by atoms with Crippen molar-refractivity contribution in [3.8, 4) is 16.8 Å². The smallest absolute Gasteiger partial charge is 0.137 e. The summed E-state index contributed by atoms with van der Waals surface area (Å²) in [5.74, 6) is 0. The second-order valence-electron chi connectivity index (χ2n) is 14.5. The average Bonchev–Trinajstić information content (AvgIpc) is 3.92. The van der Waals surface area contributed by atoms with Crippen LogP contribution in [-0.2, 0) is 0 Å². The van der Waals surface area contributed by atoms with Crippen LogP contribution in [0.2, 0.25) is 0 Å². The first-order valence-corrected chi connectivity index (χ1v) is 19.8. The van der Waals surface area contributed by atoms with Crippen molar-refractivity contribution in [2.24, 2.45) is 0 Å². The Labute approximate surface area is 326 Å². The van der Waals surface area contributed by atoms with Crippen LogP contribution in [0, 0.1) is 0 Å². The molecule has 0 amide bonds. The van der Waals surface area contributed by atoms with Crippen molar-refractivity contribution >= 4 is 103 Å². The Morgan fingerprint density at radius 2 is 1.14 bits per heavy atom. The second kappa shape index (κ2) is 12.2. The first-order chi connectivity index (χ1) is 27.8. The molecule has 9 aromatic carbocycles. The molecule has 0 saturated heterocycles. The molecule has 3 aromatic heterocycles. The van der Waals surface area contributed by atoms with Gasteiger partial charge in [-0.15, -0.1) is 11.3 Å². The quantitative estimate of drug-likeness (QED) is 0.176. The predicted molar refractivity (Wildman–Crippen MR) is 239 cm³/mol. The van der Waals surface area contributed by atoms with Crippen LogP contribution < -0.4 is 4.90 Å². The maximum Gasteiger partial charge on any atom is 0.137 e. The van der Waals surface area contributed by atoms with Gasteiger partial charge in [0.05, 0.1) is 16.7 Å². The SMILES string of the molecule is c1ccc(N(c2cc(-c3cccc4c3sc3ccccc34)cc(-n3c4ccccc4c4cc5c(cc43)oc3ccccc35)c2)c2cccc3ccccc23)cc1. The fraction of sp³-hybridized carbons (Fsp3) is 0. The van der Waals surface area contributed by atoms with Gasteiger partial charge in [-0.2, -0.15) is 0 Å². The van der Waals surface area contributed by atoms with Crippen LogP contribution in [-0.4, -0.2) is 4.57 Å². The van der Waals surface area contributed by atoms with Gasteiger partial charge in [0.15, 0.2) is 0 Å². The summed E-state index contributed by atoms with van der Waals surface area (Å²) in [6.07, 6.45) is 0. The van der Waals surface area contributed by atoms with Crippen molar-refractivity contribution < 1.29 is 4.42 Å². The van der Waals surface area contributed by atoms with Gasteiger partial charge in [-0.3, -0.25) is 0 Å². The van der Waals surface area contributed by atoms with E-state index < -0.39 is 0 Å². The summed E-state index contributed by atoms with van der Waals surface area (Å²) in [5.41, 5.74) is 10.8. The third kappa shape index (κ3) is 4.70. The maximum absolute atomic E-state index is 6.52. The molecule has 0 saturated carbocycles. The first kappa shape index (κ1) is 31.2. The lowest BCUT2D eigenvalue weighted by Crippen LogP contribution is -2.11. The molecule has 12 rings (SSSR count). The van der Waals surface area contributed by atoms with Gasteiger partial charge in [-0.25, -0.2) is 0 Å². The van der Waals surface area contributed by atoms with Crippen LogP contribution in [0.15, 0.2) is 199 Å². The molecule has 0 N–H and O–H groups in total. The van der Waals surface area contributed by atoms with Crippen molar-refractivity contribution in [1.82, 2.24) is 4.57 Å². The van der Waals surface area contributed by atoms with Crippen molar-refractivity contribution in [2.45, 2.75) is 0 Å². The third-order valence-electron chi connectivity index (χ3n) is 11.3. The monoisotopic (exact) mass is 732 g/mol. The average molecular weight is 733 g/mol. The number of aromatic nitrogens is 1. The van der Waals surface area contributed by atoms with Crippen LogP contribution in [0.25, 0.3) is 91.5 Å². The third-order valence-corrected chi connectivity index (χ3v) is 12.5. The van der Waals surface area contributed by atoms with Gasteiger partial charge in [0.25, 0.3) is 0 Å². The lowest BCUT2D eigenvalue weighted by molar-refractivity contribution is 0.669. The molecule has 0 aliphatic heterocycles. The van der Waals surface area contributed by atoms with Crippen molar-refractivity contribution in [1.29, 1.82) is 0 Å². The predicted octanol–water partition coefficient (Wildman–Crippen LogP) is 15.3. The van der Waals surface area contributed by atoms with Gasteiger partial charge >= 0.3 is 0 Å². The molecule has 0 spiro atoms. The highest BCUT2D eigenvalue weighted by molar-refractivity contribution is 7.26. The van der Waals surface area contributed by atoms with Gasteiger partial charge in [-0.1, -0.05) is 127 Å². The van der Waals surface area contributed by atoms with E-state index in [1.807, 2.05) is 17.4 Å². The van der Waals surface area contributed by atoms with Gasteiger partial charge in [-0.05, 0) is 77.2 Å². The Hall–Kier alpha value is -7.14. The summed E-state index contributed by atoms with van der Waals surface area (Å²) in [6, 6.07) is 70.4. The molecular weight excluding hydrogens is 701 g/mol. The van der Waals surface area contributed by atoms with E-state index in [2.05, 4.69) is 198 Å². The summed E-state index contributed by atoms with van der Waals surface area (Å²) in [4.78, 5) is 2.42. The standard InChI is InChI=1S/C52H32N2OS/c1-2-16-35(17-3-1)53(46-25-12-15-33-14-4-5-18-38(33)46)36-28-34(39-22-13-23-43-42-21-8-11-27-51(42)56-52(39)43)29-37(30-36)54-47-24-9-6-19-40(47)44-31-45-41-20-7-10-26-49(41)55-50(45)32-48(44)54/h1-32H. The van der Waals surface area contributed by atoms with E-state index in [9.17, 15) is 0 Å². The number of thiophene rings is 1. The first-order valence-electron chi connectivity index (χ1n) is 19.0. The fourth-order valence-electron chi connectivity index (χ4n) is 8.86. The molecule has 3 nitrogen and oxygen atoms in total. The van der Waals surface area contributed by atoms with Crippen LogP contribution in [0.1, 0.15) is 0 Å². The zero-order valence-electron chi connectivity index (χ0n) is 30.2. The minimum absolute atomic E-state index is 0.885. The molecular formula is C52H32N2OS. The van der Waals surface area contributed by atoms with E-state index in [4.69, 9.17) is 4.42 Å². The van der Waals surface area contributed by atoms with Crippen molar-refractivity contribution in [2.75, 3.05) is 4.90 Å². The fourth-order valence-corrected chi connectivity index (χ4v) is 10.1. The maximum atomic E-state index is 6.52. The Bertz CT molecular complexity index is 3490. The highest BCUT2D eigenvalue weighted by atomic mass is 32.1. The molecule has 56 heavy (non-hydrogen) atoms. The molecule has 0 radical (unpaired) electrons. The van der Waals surface area contributed by atoms with E-state index in [1.54, 1.807) is 0 Å². The van der Waals surface area contributed by atoms with Crippen molar-refractivity contribution in [3.05, 3.63) is 194 Å². The lowest BCUT2D eigenvalue weighted by Gasteiger charge is -2.28. The number of anilines is 3. The number of para-hydroxylation sites is 3. The summed E-state index contributed by atoms with van der Waals surface area (Å²) >= 11 is 1.87. The van der Waals surface area contributed by atoms with E-state index >= 15 is 0 Å². The van der Waals surface area contributed by atoms with Gasteiger partial charge < -0.3 is 13.9 Å². The van der Waals surface area contributed by atoms with Crippen LogP contribution in [0.3, 0.4) is 0 Å². The minimum atomic E-state index is 0.885. The highest BCUT2D eigenvalue weighted by Crippen LogP contribution is 2.46. The summed E-state index contributed by atoms with van der Waals surface area (Å²) in [6.45, 7) is 0. The molecule has 0 aliphatic rings. The van der Waals surface area contributed by atoms with Crippen LogP contribution in [0.4, 0.5) is 17.1 Å². The Morgan fingerprint density at radius 3 is 2.05 bits per heavy atom. The summed E-state index contributed by atoms with van der Waals surface area (Å²) in [5, 5.41) is 9.66. The Kier molecular flexibility index (Phi) is 6.80. The largest absolute Gasteiger partial charge is 0.456 e. The minimum Gasteiger partial charge on any atom is -0.456 e. The number of fused-ring (bicyclic) bond motifs is 10. The summed E-state index contributed by atoms with van der Waals surface area (Å²) < 4.78 is 11.5. The van der Waals surface area contributed by atoms with Crippen LogP contribution >= 0.6 is 11.3 Å². The number of hydrogen-bond donors (Lipinski definition) is 0. The van der Waals surface area contributed by atoms with E-state index in [1.165, 1.54) is 47.3 Å². The molecule has 0 aliphatic carbocycles. The molecule has 262 valence electrons. The zero-order valence-corrected chi connectivity index (χ0v) is 31.0. The zero-order chi connectivity index (χ0) is 36.7. The second-order valence-corrected chi connectivity index (χ2v) is 15.6. The summed E-state index contributed by atoms with van der Waals surface area (Å²) in [7, 11) is 0. The molecule has 0 atom stereocenters. The molecule has 4 heteroatoms. The van der Waals surface area contributed by atoms with Gasteiger partial charge in [0.1, 0.15) is 11.2 Å². The van der Waals surface area contributed by atoms with Crippen molar-refractivity contribution in [3.63, 3.8) is 0 Å². The van der Waals surface area contributed by atoms with E-state index in [-0.39, 0.29) is 0 Å². The Morgan fingerprint density at radius 1 is 0.429 bits per heavy atom. The molecule has 0 unspecified atom stereocenters. The highest BCUT2D eigenvalue weighted by Gasteiger charge is 2.22. The topological polar surface area (TPSA) is 21.3 Å². The van der Waals surface area contributed by atoms with Gasteiger partial charge in [0.2, 0.25) is 0 Å². The molecule has 0 fully saturated rings. The number of nitrogens with zero attached hydrogens (tertiary/aromatic N) is 2.